The zero-order valence-electron chi connectivity index (χ0n) is 3.31. The van der Waals surface area contributed by atoms with E-state index >= 15 is 0 Å². The van der Waals surface area contributed by atoms with Gasteiger partial charge in [-0.1, -0.05) is 6.92 Å². The van der Waals surface area contributed by atoms with Crippen LogP contribution in [0.1, 0.15) is 13.3 Å². The topological polar surface area (TPSA) is 30.5 Å². The second-order valence-corrected chi connectivity index (χ2v) is 1.17. The molecule has 0 saturated carbocycles. The first-order chi connectivity index (χ1) is 1.91. The summed E-state index contributed by atoms with van der Waals surface area (Å²) >= 11 is 3.92. The SMILES string of the molecule is CCCS.[N]. The van der Waals surface area contributed by atoms with E-state index < -0.39 is 0 Å². The molecule has 0 aliphatic rings. The molecule has 0 rings (SSSR count). The zero-order chi connectivity index (χ0) is 3.41. The monoisotopic (exact) mass is 90.0 g/mol. The highest BCUT2D eigenvalue weighted by Crippen LogP contribution is 1.74. The second-order valence-electron chi connectivity index (χ2n) is 0.724. The molecule has 0 heterocycles. The predicted molar refractivity (Wildman–Crippen MR) is 26.3 cm³/mol. The molecule has 0 aliphatic carbocycles. The van der Waals surface area contributed by atoms with Crippen molar-refractivity contribution in [2.75, 3.05) is 5.75 Å². The maximum absolute atomic E-state index is 3.92. The molecule has 0 aromatic heterocycles. The van der Waals surface area contributed by atoms with Crippen molar-refractivity contribution < 1.29 is 0 Å². The van der Waals surface area contributed by atoms with E-state index in [1.54, 1.807) is 0 Å². The lowest BCUT2D eigenvalue weighted by atomic mass is 10.6. The van der Waals surface area contributed by atoms with Crippen LogP contribution in [0.15, 0.2) is 0 Å². The molecule has 0 saturated heterocycles. The number of hydrogen-bond acceptors (Lipinski definition) is 1. The van der Waals surface area contributed by atoms with Gasteiger partial charge < -0.3 is 0 Å². The summed E-state index contributed by atoms with van der Waals surface area (Å²) in [5.74, 6) is 1.01. The number of rotatable bonds is 1. The van der Waals surface area contributed by atoms with Gasteiger partial charge >= 0.3 is 0 Å². The highest BCUT2D eigenvalue weighted by molar-refractivity contribution is 7.80. The van der Waals surface area contributed by atoms with Crippen LogP contribution in [0.5, 0.6) is 0 Å². The summed E-state index contributed by atoms with van der Waals surface area (Å²) in [7, 11) is 0. The molecule has 0 fully saturated rings. The highest BCUT2D eigenvalue weighted by Gasteiger charge is 1.57. The quantitative estimate of drug-likeness (QED) is 0.463. The van der Waals surface area contributed by atoms with Crippen LogP contribution in [0.3, 0.4) is 0 Å². The van der Waals surface area contributed by atoms with E-state index in [0.717, 1.165) is 5.75 Å². The van der Waals surface area contributed by atoms with Crippen LogP contribution < -0.4 is 6.15 Å². The van der Waals surface area contributed by atoms with Gasteiger partial charge in [0.1, 0.15) is 0 Å². The van der Waals surface area contributed by atoms with Crippen LogP contribution in [0.25, 0.3) is 0 Å². The highest BCUT2D eigenvalue weighted by atomic mass is 32.1. The van der Waals surface area contributed by atoms with E-state index in [1.807, 2.05) is 0 Å². The van der Waals surface area contributed by atoms with Crippen LogP contribution in [0, 0.1) is 0 Å². The fourth-order valence-electron chi connectivity index (χ4n) is 0. The lowest BCUT2D eigenvalue weighted by molar-refractivity contribution is 1.11. The minimum Gasteiger partial charge on any atom is -0.179 e. The average molecular weight is 90.2 g/mol. The van der Waals surface area contributed by atoms with E-state index in [2.05, 4.69) is 19.6 Å². The van der Waals surface area contributed by atoms with Gasteiger partial charge in [0.05, 0.1) is 0 Å². The van der Waals surface area contributed by atoms with Gasteiger partial charge in [0, 0.05) is 6.15 Å². The van der Waals surface area contributed by atoms with Crippen LogP contribution in [-0.4, -0.2) is 5.75 Å². The molecule has 0 aliphatic heterocycles. The average Bonchev–Trinajstić information content (AvgIpc) is 1.37. The first kappa shape index (κ1) is 9.00. The Morgan fingerprint density at radius 2 is 1.80 bits per heavy atom. The minimum atomic E-state index is 0. The third-order valence-corrected chi connectivity index (χ3v) is 0.671. The van der Waals surface area contributed by atoms with Crippen molar-refractivity contribution in [3.63, 3.8) is 0 Å². The van der Waals surface area contributed by atoms with E-state index in [-0.39, 0.29) is 6.15 Å². The first-order valence-corrected chi connectivity index (χ1v) is 2.16. The number of hydrogen-bond donors (Lipinski definition) is 1. The van der Waals surface area contributed by atoms with Crippen molar-refractivity contribution in [2.24, 2.45) is 0 Å². The van der Waals surface area contributed by atoms with Gasteiger partial charge in [-0.2, -0.15) is 12.6 Å². The Morgan fingerprint density at radius 3 is 1.80 bits per heavy atom. The molecular weight excluding hydrogens is 82.1 g/mol. The minimum absolute atomic E-state index is 0. The normalized spacial score (nSPS) is 6.00. The van der Waals surface area contributed by atoms with Crippen molar-refractivity contribution in [1.29, 1.82) is 0 Å². The van der Waals surface area contributed by atoms with Crippen molar-refractivity contribution in [1.82, 2.24) is 6.15 Å². The van der Waals surface area contributed by atoms with E-state index in [4.69, 9.17) is 0 Å². The van der Waals surface area contributed by atoms with Crippen LogP contribution in [0.2, 0.25) is 0 Å². The van der Waals surface area contributed by atoms with Crippen molar-refractivity contribution >= 4 is 12.6 Å². The number of thiol groups is 1. The van der Waals surface area contributed by atoms with E-state index in [0.29, 0.717) is 0 Å². The smallest absolute Gasteiger partial charge is 0 e. The van der Waals surface area contributed by atoms with Crippen molar-refractivity contribution in [2.45, 2.75) is 13.3 Å². The summed E-state index contributed by atoms with van der Waals surface area (Å²) in [5, 5.41) is 0. The second kappa shape index (κ2) is 8.85. The fourth-order valence-corrected chi connectivity index (χ4v) is 0. The molecule has 0 aromatic rings. The summed E-state index contributed by atoms with van der Waals surface area (Å²) in [4.78, 5) is 0. The molecule has 31 valence electrons. The van der Waals surface area contributed by atoms with Gasteiger partial charge in [0.2, 0.25) is 0 Å². The summed E-state index contributed by atoms with van der Waals surface area (Å²) in [6.45, 7) is 2.10. The Balaban J connectivity index is 0. The first-order valence-electron chi connectivity index (χ1n) is 1.52. The van der Waals surface area contributed by atoms with Gasteiger partial charge in [-0.3, -0.25) is 0 Å². The Morgan fingerprint density at radius 1 is 1.60 bits per heavy atom. The Bertz CT molecular complexity index is 8.85. The van der Waals surface area contributed by atoms with Crippen LogP contribution in [-0.2, 0) is 0 Å². The third-order valence-electron chi connectivity index (χ3n) is 0.224. The molecule has 3 radical (unpaired) electrons. The fraction of sp³-hybridized carbons (Fsp3) is 1.00. The third kappa shape index (κ3) is 13.4. The molecule has 0 unspecified atom stereocenters. The molecule has 2 heteroatoms. The Kier molecular flexibility index (Phi) is 15.9. The molecule has 0 spiro atoms. The Hall–Kier alpha value is 0.310. The summed E-state index contributed by atoms with van der Waals surface area (Å²) < 4.78 is 0. The zero-order valence-corrected chi connectivity index (χ0v) is 4.20. The van der Waals surface area contributed by atoms with Gasteiger partial charge in [-0.05, 0) is 12.2 Å². The lowest BCUT2D eigenvalue weighted by Gasteiger charge is -1.67. The van der Waals surface area contributed by atoms with Gasteiger partial charge in [0.15, 0.2) is 0 Å². The maximum atomic E-state index is 3.92. The predicted octanol–water partition coefficient (Wildman–Crippen LogP) is 0.846. The van der Waals surface area contributed by atoms with E-state index in [9.17, 15) is 0 Å². The summed E-state index contributed by atoms with van der Waals surface area (Å²) in [6.07, 6.45) is 1.18. The van der Waals surface area contributed by atoms with Crippen molar-refractivity contribution in [3.05, 3.63) is 0 Å². The molecule has 0 amide bonds. The molecule has 0 N–H and O–H groups in total. The van der Waals surface area contributed by atoms with E-state index in [1.165, 1.54) is 6.42 Å². The van der Waals surface area contributed by atoms with Crippen LogP contribution >= 0.6 is 12.6 Å². The largest absolute Gasteiger partial charge is 0.179 e. The molecular formula is C3H8NS. The van der Waals surface area contributed by atoms with Gasteiger partial charge in [-0.25, -0.2) is 0 Å². The summed E-state index contributed by atoms with van der Waals surface area (Å²) in [5.41, 5.74) is 0. The lowest BCUT2D eigenvalue weighted by Crippen LogP contribution is -1.56. The molecule has 5 heavy (non-hydrogen) atoms. The molecule has 0 aromatic carbocycles. The van der Waals surface area contributed by atoms with Gasteiger partial charge in [-0.15, -0.1) is 0 Å². The molecule has 0 bridgehead atoms. The maximum Gasteiger partial charge on any atom is 0 e. The summed E-state index contributed by atoms with van der Waals surface area (Å²) in [6, 6.07) is 0. The molecule has 1 nitrogen and oxygen atoms in total. The van der Waals surface area contributed by atoms with Gasteiger partial charge in [0.25, 0.3) is 0 Å². The van der Waals surface area contributed by atoms with Crippen LogP contribution in [0.4, 0.5) is 0 Å². The van der Waals surface area contributed by atoms with Crippen molar-refractivity contribution in [3.8, 4) is 0 Å². The standard InChI is InChI=1S/C3H8S.N/c1-2-3-4;/h4H,2-3H2,1H3;. The molecule has 0 atom stereocenters. The Labute approximate surface area is 38.8 Å². The number of nitrogens with zero attached hydrogens (tertiary/aromatic N) is 1.